The van der Waals surface area contributed by atoms with E-state index in [1.165, 1.54) is 17.1 Å². The lowest BCUT2D eigenvalue weighted by molar-refractivity contribution is -0.117. The summed E-state index contributed by atoms with van der Waals surface area (Å²) in [6, 6.07) is 6.56. The highest BCUT2D eigenvalue weighted by Gasteiger charge is 2.27. The number of sulfonamides is 1. The molecular formula is C20H32N4O3S. The number of anilines is 1. The normalized spacial score (nSPS) is 21.9. The largest absolute Gasteiger partial charge is 0.325 e. The average Bonchev–Trinajstić information content (AvgIpc) is 3.17. The molecule has 3 rings (SSSR count). The molecule has 1 atom stereocenters. The first kappa shape index (κ1) is 21.2. The fourth-order valence-corrected chi connectivity index (χ4v) is 5.75. The van der Waals surface area contributed by atoms with Crippen molar-refractivity contribution in [2.75, 3.05) is 58.7 Å². The van der Waals surface area contributed by atoms with Gasteiger partial charge in [0.1, 0.15) is 0 Å². The summed E-state index contributed by atoms with van der Waals surface area (Å²) in [5.74, 6) is 0.466. The van der Waals surface area contributed by atoms with Crippen molar-refractivity contribution in [3.8, 4) is 0 Å². The Morgan fingerprint density at radius 1 is 1.21 bits per heavy atom. The summed E-state index contributed by atoms with van der Waals surface area (Å²) in [7, 11) is 0.624. The molecule has 1 unspecified atom stereocenters. The predicted octanol–water partition coefficient (Wildman–Crippen LogP) is 1.68. The minimum atomic E-state index is -3.48. The lowest BCUT2D eigenvalue weighted by Gasteiger charge is -2.32. The van der Waals surface area contributed by atoms with Crippen molar-refractivity contribution in [1.29, 1.82) is 0 Å². The molecule has 28 heavy (non-hydrogen) atoms. The van der Waals surface area contributed by atoms with Gasteiger partial charge in [-0.05, 0) is 70.4 Å². The van der Waals surface area contributed by atoms with E-state index in [-0.39, 0.29) is 10.8 Å². The van der Waals surface area contributed by atoms with Crippen LogP contribution in [0.5, 0.6) is 0 Å². The third-order valence-electron chi connectivity index (χ3n) is 5.53. The van der Waals surface area contributed by atoms with Gasteiger partial charge in [-0.15, -0.1) is 0 Å². The van der Waals surface area contributed by atoms with Crippen LogP contribution in [0.3, 0.4) is 0 Å². The smallest absolute Gasteiger partial charge is 0.243 e. The second kappa shape index (κ2) is 9.35. The monoisotopic (exact) mass is 408 g/mol. The third-order valence-corrected chi connectivity index (χ3v) is 7.42. The second-order valence-electron chi connectivity index (χ2n) is 8.15. The van der Waals surface area contributed by atoms with Crippen molar-refractivity contribution in [1.82, 2.24) is 14.1 Å². The van der Waals surface area contributed by atoms with E-state index in [2.05, 4.69) is 17.3 Å². The maximum Gasteiger partial charge on any atom is 0.243 e. The topological polar surface area (TPSA) is 73.0 Å². The average molecular weight is 409 g/mol. The van der Waals surface area contributed by atoms with Crippen LogP contribution in [0.1, 0.15) is 25.7 Å². The van der Waals surface area contributed by atoms with Gasteiger partial charge in [0.05, 0.1) is 11.4 Å². The number of likely N-dealkylation sites (N-methyl/N-ethyl adjacent to an activating group) is 1. The van der Waals surface area contributed by atoms with E-state index in [9.17, 15) is 13.2 Å². The predicted molar refractivity (Wildman–Crippen MR) is 111 cm³/mol. The quantitative estimate of drug-likeness (QED) is 0.743. The molecule has 2 fully saturated rings. The molecule has 0 radical (unpaired) electrons. The van der Waals surface area contributed by atoms with E-state index in [0.717, 1.165) is 32.5 Å². The molecule has 8 heteroatoms. The number of hydrogen-bond acceptors (Lipinski definition) is 5. The van der Waals surface area contributed by atoms with Crippen LogP contribution in [0.4, 0.5) is 5.69 Å². The first-order valence-electron chi connectivity index (χ1n) is 10.1. The van der Waals surface area contributed by atoms with Gasteiger partial charge in [-0.2, -0.15) is 4.31 Å². The van der Waals surface area contributed by atoms with Gasteiger partial charge in [-0.1, -0.05) is 6.07 Å². The van der Waals surface area contributed by atoms with E-state index in [1.54, 1.807) is 24.3 Å². The summed E-state index contributed by atoms with van der Waals surface area (Å²) in [5, 5.41) is 2.85. The van der Waals surface area contributed by atoms with Crippen LogP contribution in [0.15, 0.2) is 29.2 Å². The van der Waals surface area contributed by atoms with Gasteiger partial charge in [0.25, 0.3) is 0 Å². The number of rotatable bonds is 7. The molecular weight excluding hydrogens is 376 g/mol. The van der Waals surface area contributed by atoms with Crippen LogP contribution in [0.2, 0.25) is 0 Å². The SMILES string of the molecule is CN1CCCC(CN(C)CC(=O)Nc2cccc(S(=O)(=O)N3CCCC3)c2)C1. The van der Waals surface area contributed by atoms with Crippen LogP contribution in [-0.2, 0) is 14.8 Å². The zero-order valence-corrected chi connectivity index (χ0v) is 17.7. The minimum Gasteiger partial charge on any atom is -0.325 e. The maximum absolute atomic E-state index is 12.7. The standard InChI is InChI=1S/C20H32N4O3S/c1-22-10-6-7-17(14-22)15-23(2)16-20(25)21-18-8-5-9-19(13-18)28(26,27)24-11-3-4-12-24/h5,8-9,13,17H,3-4,6-7,10-12,14-16H2,1-2H3,(H,21,25). The number of nitrogens with one attached hydrogen (secondary N) is 1. The van der Waals surface area contributed by atoms with Gasteiger partial charge in [-0.25, -0.2) is 8.42 Å². The Morgan fingerprint density at radius 3 is 2.68 bits per heavy atom. The van der Waals surface area contributed by atoms with Gasteiger partial charge in [0.2, 0.25) is 15.9 Å². The number of benzene rings is 1. The summed E-state index contributed by atoms with van der Waals surface area (Å²) in [6.45, 7) is 4.55. The van der Waals surface area contributed by atoms with E-state index >= 15 is 0 Å². The number of amides is 1. The molecule has 2 aliphatic rings. The Kier molecular flexibility index (Phi) is 7.09. The summed E-state index contributed by atoms with van der Waals surface area (Å²) in [5.41, 5.74) is 0.524. The summed E-state index contributed by atoms with van der Waals surface area (Å²) < 4.78 is 26.9. The highest BCUT2D eigenvalue weighted by Crippen LogP contribution is 2.23. The molecule has 1 N–H and O–H groups in total. The minimum absolute atomic E-state index is 0.123. The molecule has 0 aromatic heterocycles. The van der Waals surface area contributed by atoms with Gasteiger partial charge in [0, 0.05) is 31.9 Å². The van der Waals surface area contributed by atoms with Crippen LogP contribution in [0, 0.1) is 5.92 Å². The van der Waals surface area contributed by atoms with E-state index in [1.807, 2.05) is 11.9 Å². The number of likely N-dealkylation sites (tertiary alicyclic amines) is 1. The number of piperidine rings is 1. The molecule has 0 aliphatic carbocycles. The van der Waals surface area contributed by atoms with Gasteiger partial charge in [0.15, 0.2) is 0 Å². The highest BCUT2D eigenvalue weighted by atomic mass is 32.2. The molecule has 1 aromatic carbocycles. The van der Waals surface area contributed by atoms with Gasteiger partial charge in [-0.3, -0.25) is 9.69 Å². The summed E-state index contributed by atoms with van der Waals surface area (Å²) in [4.78, 5) is 17.1. The summed E-state index contributed by atoms with van der Waals surface area (Å²) >= 11 is 0. The van der Waals surface area contributed by atoms with Crippen molar-refractivity contribution < 1.29 is 13.2 Å². The molecule has 2 aliphatic heterocycles. The Labute approximate surface area is 168 Å². The molecule has 0 saturated carbocycles. The second-order valence-corrected chi connectivity index (χ2v) is 10.1. The van der Waals surface area contributed by atoms with Crippen molar-refractivity contribution in [3.05, 3.63) is 24.3 Å². The Hall–Kier alpha value is -1.48. The van der Waals surface area contributed by atoms with Crippen molar-refractivity contribution in [2.45, 2.75) is 30.6 Å². The molecule has 0 bridgehead atoms. The van der Waals surface area contributed by atoms with E-state index < -0.39 is 10.0 Å². The Bertz CT molecular complexity index is 777. The molecule has 156 valence electrons. The zero-order chi connectivity index (χ0) is 20.1. The molecule has 2 heterocycles. The van der Waals surface area contributed by atoms with Gasteiger partial charge < -0.3 is 10.2 Å². The zero-order valence-electron chi connectivity index (χ0n) is 16.9. The van der Waals surface area contributed by atoms with Crippen LogP contribution < -0.4 is 5.32 Å². The van der Waals surface area contributed by atoms with Crippen LogP contribution in [0.25, 0.3) is 0 Å². The van der Waals surface area contributed by atoms with Crippen molar-refractivity contribution in [2.24, 2.45) is 5.92 Å². The number of carbonyl (C=O) groups is 1. The van der Waals surface area contributed by atoms with Crippen LogP contribution >= 0.6 is 0 Å². The summed E-state index contributed by atoms with van der Waals surface area (Å²) in [6.07, 6.45) is 4.21. The fraction of sp³-hybridized carbons (Fsp3) is 0.650. The first-order valence-corrected chi connectivity index (χ1v) is 11.6. The van der Waals surface area contributed by atoms with E-state index in [0.29, 0.717) is 31.2 Å². The van der Waals surface area contributed by atoms with Crippen LogP contribution in [-0.4, -0.2) is 81.8 Å². The lowest BCUT2D eigenvalue weighted by Crippen LogP contribution is -2.40. The molecule has 2 saturated heterocycles. The van der Waals surface area contributed by atoms with Gasteiger partial charge >= 0.3 is 0 Å². The van der Waals surface area contributed by atoms with E-state index in [4.69, 9.17) is 0 Å². The Morgan fingerprint density at radius 2 is 1.96 bits per heavy atom. The number of hydrogen-bond donors (Lipinski definition) is 1. The molecule has 1 amide bonds. The number of nitrogens with zero attached hydrogens (tertiary/aromatic N) is 3. The highest BCUT2D eigenvalue weighted by molar-refractivity contribution is 7.89. The van der Waals surface area contributed by atoms with Crippen molar-refractivity contribution >= 4 is 21.6 Å². The molecule has 7 nitrogen and oxygen atoms in total. The first-order chi connectivity index (χ1) is 13.3. The fourth-order valence-electron chi connectivity index (χ4n) is 4.19. The maximum atomic E-state index is 12.7. The number of carbonyl (C=O) groups excluding carboxylic acids is 1. The molecule has 1 aromatic rings. The van der Waals surface area contributed by atoms with Crippen molar-refractivity contribution in [3.63, 3.8) is 0 Å². The third kappa shape index (κ3) is 5.53. The molecule has 0 spiro atoms. The Balaban J connectivity index is 1.55. The lowest BCUT2D eigenvalue weighted by atomic mass is 9.98.